The van der Waals surface area contributed by atoms with E-state index in [1.165, 1.54) is 12.1 Å². The van der Waals surface area contributed by atoms with Crippen LogP contribution in [0.5, 0.6) is 0 Å². The predicted octanol–water partition coefficient (Wildman–Crippen LogP) is 6.22. The number of rotatable bonds is 5. The number of piperidine rings is 1. The summed E-state index contributed by atoms with van der Waals surface area (Å²) >= 11 is 1.08. The highest BCUT2D eigenvalue weighted by molar-refractivity contribution is 7.21. The normalized spacial score (nSPS) is 14.5. The number of nitrogen functional groups attached to an aromatic ring is 1. The van der Waals surface area contributed by atoms with E-state index in [1.54, 1.807) is 17.1 Å². The number of pyridine rings is 1. The summed E-state index contributed by atoms with van der Waals surface area (Å²) in [5.74, 6) is -0.595. The first-order chi connectivity index (χ1) is 21.3. The fraction of sp³-hybridized carbons (Fsp3) is 0.188. The molecular formula is C32H25F3N6O2S. The quantitative estimate of drug-likeness (QED) is 0.140. The van der Waals surface area contributed by atoms with Gasteiger partial charge in [-0.25, -0.2) is 9.98 Å². The smallest absolute Gasteiger partial charge is 0.416 e. The largest absolute Gasteiger partial charge is 0.857 e. The molecule has 0 radical (unpaired) electrons. The number of benzene rings is 3. The van der Waals surface area contributed by atoms with E-state index in [0.29, 0.717) is 27.0 Å². The molecule has 0 bridgehead atoms. The van der Waals surface area contributed by atoms with Crippen molar-refractivity contribution in [2.75, 3.05) is 23.8 Å². The number of alkyl halides is 3. The number of hydrogen-bond donors (Lipinski definition) is 1. The number of halogens is 3. The van der Waals surface area contributed by atoms with Crippen LogP contribution in [0.2, 0.25) is 0 Å². The average Bonchev–Trinajstić information content (AvgIpc) is 3.64. The minimum atomic E-state index is -4.48. The number of nitrogens with two attached hydrogens (primary N) is 1. The summed E-state index contributed by atoms with van der Waals surface area (Å²) < 4.78 is 45.4. The highest BCUT2D eigenvalue weighted by Gasteiger charge is 2.30. The lowest BCUT2D eigenvalue weighted by Gasteiger charge is -2.17. The zero-order valence-corrected chi connectivity index (χ0v) is 24.0. The van der Waals surface area contributed by atoms with Gasteiger partial charge in [-0.1, -0.05) is 54.6 Å². The molecule has 8 nitrogen and oxygen atoms in total. The van der Waals surface area contributed by atoms with Crippen LogP contribution in [0.15, 0.2) is 88.5 Å². The van der Waals surface area contributed by atoms with Gasteiger partial charge in [0.1, 0.15) is 4.83 Å². The molecule has 7 rings (SSSR count). The summed E-state index contributed by atoms with van der Waals surface area (Å²) in [6, 6.07) is 20.4. The minimum absolute atomic E-state index is 0.0322. The molecular weight excluding hydrogens is 589 g/mol. The second kappa shape index (κ2) is 10.9. The van der Waals surface area contributed by atoms with Crippen LogP contribution in [-0.4, -0.2) is 29.2 Å². The maximum atomic E-state index is 13.4. The summed E-state index contributed by atoms with van der Waals surface area (Å²) in [6.07, 6.45) is 0.310. The van der Waals surface area contributed by atoms with Crippen LogP contribution < -0.4 is 20.6 Å². The van der Waals surface area contributed by atoms with Crippen LogP contribution in [0.4, 0.5) is 24.7 Å². The highest BCUT2D eigenvalue weighted by atomic mass is 32.1. The predicted molar refractivity (Wildman–Crippen MR) is 162 cm³/mol. The standard InChI is InChI=1S/C32H25F3N6O2S/c33-32(34,35)21-13-11-20(12-14-21)24-17-25(23-10-6-8-19-7-2-3-9-22(19)23)37-31-27(24)28(36)29(44-31)30(42)38-26-18-41(39-43-26)40-15-4-1-5-16-40/h2-3,6-14,17-18H,1,4-5,15-16H2,(H2-,36,38,39,42). The van der Waals surface area contributed by atoms with Gasteiger partial charge in [-0.15, -0.1) is 11.3 Å². The molecule has 0 unspecified atom stereocenters. The third-order valence-corrected chi connectivity index (χ3v) is 8.85. The number of anilines is 1. The van der Waals surface area contributed by atoms with Crippen molar-refractivity contribution in [1.82, 2.24) is 10.3 Å². The van der Waals surface area contributed by atoms with Gasteiger partial charge in [0.2, 0.25) is 5.27 Å². The van der Waals surface area contributed by atoms with Crippen molar-refractivity contribution in [1.29, 1.82) is 0 Å². The van der Waals surface area contributed by atoms with Crippen molar-refractivity contribution in [3.8, 4) is 22.4 Å². The second-order valence-corrected chi connectivity index (χ2v) is 11.6. The van der Waals surface area contributed by atoms with Gasteiger partial charge < -0.3 is 10.8 Å². The van der Waals surface area contributed by atoms with Crippen LogP contribution >= 0.6 is 11.3 Å². The molecule has 4 heterocycles. The van der Waals surface area contributed by atoms with E-state index >= 15 is 0 Å². The van der Waals surface area contributed by atoms with Gasteiger partial charge in [0.15, 0.2) is 0 Å². The summed E-state index contributed by atoms with van der Waals surface area (Å²) in [6.45, 7) is 1.65. The second-order valence-electron chi connectivity index (χ2n) is 10.6. The molecule has 12 heteroatoms. The molecule has 1 saturated heterocycles. The van der Waals surface area contributed by atoms with Crippen LogP contribution in [0.25, 0.3) is 43.4 Å². The molecule has 2 N–H and O–H groups in total. The molecule has 6 aromatic rings. The van der Waals surface area contributed by atoms with Crippen LogP contribution in [0.1, 0.15) is 29.7 Å². The van der Waals surface area contributed by atoms with Gasteiger partial charge in [-0.05, 0) is 59.4 Å². The Morgan fingerprint density at radius 2 is 1.73 bits per heavy atom. The maximum absolute atomic E-state index is 13.4. The Morgan fingerprint density at radius 3 is 2.50 bits per heavy atom. The number of aromatic nitrogens is 3. The highest BCUT2D eigenvalue weighted by Crippen LogP contribution is 2.43. The fourth-order valence-corrected chi connectivity index (χ4v) is 6.58. The van der Waals surface area contributed by atoms with Crippen molar-refractivity contribution in [2.24, 2.45) is 4.99 Å². The number of fused-ring (bicyclic) bond motifs is 2. The molecule has 1 fully saturated rings. The zero-order chi connectivity index (χ0) is 30.4. The van der Waals surface area contributed by atoms with E-state index in [0.717, 1.165) is 72.2 Å². The first kappa shape index (κ1) is 27.8. The molecule has 222 valence electrons. The van der Waals surface area contributed by atoms with E-state index in [-0.39, 0.29) is 16.4 Å². The summed E-state index contributed by atoms with van der Waals surface area (Å²) in [5.41, 5.74) is 8.47. The third kappa shape index (κ3) is 5.11. The van der Waals surface area contributed by atoms with Crippen molar-refractivity contribution in [2.45, 2.75) is 25.4 Å². The Bertz CT molecular complexity index is 2020. The molecule has 0 spiro atoms. The van der Waals surface area contributed by atoms with Crippen molar-refractivity contribution in [3.63, 3.8) is 0 Å². The lowest BCUT2D eigenvalue weighted by atomic mass is 9.96. The van der Waals surface area contributed by atoms with Crippen molar-refractivity contribution >= 4 is 49.8 Å². The average molecular weight is 615 g/mol. The van der Waals surface area contributed by atoms with Gasteiger partial charge in [-0.3, -0.25) is 4.52 Å². The molecule has 3 aromatic carbocycles. The SMILES string of the molecule is Nc1c(/C([O-])=N/c2c[n+](N3CCCCC3)no2)sc2nc(-c3cccc4ccccc34)cc(-c3ccc(C(F)(F)F)cc3)c12. The number of thiophene rings is 1. The molecule has 44 heavy (non-hydrogen) atoms. The summed E-state index contributed by atoms with van der Waals surface area (Å²) in [4.78, 5) is 11.2. The minimum Gasteiger partial charge on any atom is -0.857 e. The lowest BCUT2D eigenvalue weighted by Crippen LogP contribution is -2.60. The van der Waals surface area contributed by atoms with Gasteiger partial charge in [0.05, 0.1) is 39.7 Å². The third-order valence-electron chi connectivity index (χ3n) is 7.76. The first-order valence-corrected chi connectivity index (χ1v) is 14.9. The van der Waals surface area contributed by atoms with Gasteiger partial charge in [0.25, 0.3) is 6.20 Å². The van der Waals surface area contributed by atoms with Crippen LogP contribution in [0, 0.1) is 0 Å². The summed E-state index contributed by atoms with van der Waals surface area (Å²) in [5, 5.41) is 21.9. The first-order valence-electron chi connectivity index (χ1n) is 14.0. The van der Waals surface area contributed by atoms with Crippen LogP contribution in [-0.2, 0) is 6.18 Å². The zero-order valence-electron chi connectivity index (χ0n) is 23.2. The Kier molecular flexibility index (Phi) is 6.92. The van der Waals surface area contributed by atoms with E-state index < -0.39 is 17.6 Å². The van der Waals surface area contributed by atoms with Crippen molar-refractivity contribution in [3.05, 3.63) is 89.4 Å². The Labute approximate surface area is 253 Å². The monoisotopic (exact) mass is 614 g/mol. The molecule has 1 aliphatic heterocycles. The van der Waals surface area contributed by atoms with Crippen LogP contribution in [0.3, 0.4) is 0 Å². The number of aliphatic imine (C=N–C) groups is 1. The number of nitrogens with zero attached hydrogens (tertiary/aromatic N) is 5. The molecule has 0 aliphatic carbocycles. The van der Waals surface area contributed by atoms with Gasteiger partial charge >= 0.3 is 12.1 Å². The van der Waals surface area contributed by atoms with E-state index in [4.69, 9.17) is 15.2 Å². The topological polar surface area (TPSA) is 107 Å². The maximum Gasteiger partial charge on any atom is 0.416 e. The fourth-order valence-electron chi connectivity index (χ4n) is 5.58. The molecule has 0 saturated carbocycles. The molecule has 0 atom stereocenters. The Balaban J connectivity index is 1.37. The molecule has 0 amide bonds. The molecule has 1 aliphatic rings. The van der Waals surface area contributed by atoms with E-state index in [2.05, 4.69) is 10.3 Å². The van der Waals surface area contributed by atoms with E-state index in [1.807, 2.05) is 47.5 Å². The lowest BCUT2D eigenvalue weighted by molar-refractivity contribution is -0.759. The Hall–Kier alpha value is -4.97. The summed E-state index contributed by atoms with van der Waals surface area (Å²) in [7, 11) is 0. The number of hydrogen-bond acceptors (Lipinski definition) is 8. The molecule has 3 aromatic heterocycles. The van der Waals surface area contributed by atoms with Gasteiger partial charge in [-0.2, -0.15) is 18.2 Å². The van der Waals surface area contributed by atoms with E-state index in [9.17, 15) is 18.3 Å². The van der Waals surface area contributed by atoms with Crippen molar-refractivity contribution < 1.29 is 27.6 Å². The Morgan fingerprint density at radius 1 is 0.977 bits per heavy atom. The van der Waals surface area contributed by atoms with Gasteiger partial charge in [0, 0.05) is 16.8 Å².